The number of carboxylic acids is 1. The first kappa shape index (κ1) is 13.6. The minimum Gasteiger partial charge on any atom is -0.480 e. The van der Waals surface area contributed by atoms with E-state index in [0.717, 1.165) is 0 Å². The number of aliphatic carboxylic acids is 1. The van der Waals surface area contributed by atoms with Crippen molar-refractivity contribution >= 4 is 27.8 Å². The summed E-state index contributed by atoms with van der Waals surface area (Å²) >= 11 is 3.14. The predicted octanol–water partition coefficient (Wildman–Crippen LogP) is 1.68. The molecule has 1 heterocycles. The van der Waals surface area contributed by atoms with Crippen molar-refractivity contribution in [3.05, 3.63) is 28.5 Å². The number of aromatic nitrogens is 1. The number of hydrogen-bond acceptors (Lipinski definition) is 3. The van der Waals surface area contributed by atoms with Crippen molar-refractivity contribution in [3.63, 3.8) is 0 Å². The molecule has 1 aromatic rings. The standard InChI is InChI=1S/C11H13BrN2O3/c1-6(2)8(11(16)17)14-10(15)7-4-3-5-13-9(7)12/h3-6,8H,1-2H3,(H,14,15)(H,16,17)/t8-/m1/s1. The van der Waals surface area contributed by atoms with E-state index in [2.05, 4.69) is 26.2 Å². The lowest BCUT2D eigenvalue weighted by Crippen LogP contribution is -2.44. The van der Waals surface area contributed by atoms with Gasteiger partial charge in [-0.2, -0.15) is 0 Å². The molecule has 0 spiro atoms. The zero-order valence-corrected chi connectivity index (χ0v) is 11.1. The quantitative estimate of drug-likeness (QED) is 0.829. The van der Waals surface area contributed by atoms with Gasteiger partial charge in [-0.05, 0) is 34.0 Å². The van der Waals surface area contributed by atoms with Gasteiger partial charge in [0, 0.05) is 6.20 Å². The molecule has 1 rings (SSSR count). The topological polar surface area (TPSA) is 79.3 Å². The van der Waals surface area contributed by atoms with E-state index < -0.39 is 17.9 Å². The molecule has 17 heavy (non-hydrogen) atoms. The molecule has 0 aliphatic rings. The fourth-order valence-corrected chi connectivity index (χ4v) is 1.72. The molecule has 0 aliphatic carbocycles. The number of pyridine rings is 1. The number of nitrogens with zero attached hydrogens (tertiary/aromatic N) is 1. The predicted molar refractivity (Wildman–Crippen MR) is 65.7 cm³/mol. The van der Waals surface area contributed by atoms with Crippen LogP contribution in [0.4, 0.5) is 0 Å². The van der Waals surface area contributed by atoms with E-state index in [0.29, 0.717) is 10.2 Å². The average molecular weight is 301 g/mol. The average Bonchev–Trinajstić information content (AvgIpc) is 2.25. The molecule has 0 saturated carbocycles. The fraction of sp³-hybridized carbons (Fsp3) is 0.364. The van der Waals surface area contributed by atoms with Crippen LogP contribution in [0.1, 0.15) is 24.2 Å². The van der Waals surface area contributed by atoms with Gasteiger partial charge in [-0.25, -0.2) is 9.78 Å². The van der Waals surface area contributed by atoms with E-state index in [9.17, 15) is 9.59 Å². The van der Waals surface area contributed by atoms with Gasteiger partial charge in [0.15, 0.2) is 0 Å². The van der Waals surface area contributed by atoms with Gasteiger partial charge < -0.3 is 10.4 Å². The maximum absolute atomic E-state index is 11.8. The second kappa shape index (κ2) is 5.77. The maximum Gasteiger partial charge on any atom is 0.326 e. The normalized spacial score (nSPS) is 12.2. The first-order chi connectivity index (χ1) is 7.93. The number of amides is 1. The van der Waals surface area contributed by atoms with Gasteiger partial charge in [0.2, 0.25) is 0 Å². The van der Waals surface area contributed by atoms with Crippen LogP contribution in [0.25, 0.3) is 0 Å². The third-order valence-electron chi connectivity index (χ3n) is 2.22. The fourth-order valence-electron chi connectivity index (χ4n) is 1.29. The van der Waals surface area contributed by atoms with Crippen LogP contribution in [0.5, 0.6) is 0 Å². The summed E-state index contributed by atoms with van der Waals surface area (Å²) in [7, 11) is 0. The highest BCUT2D eigenvalue weighted by molar-refractivity contribution is 9.10. The molecular formula is C11H13BrN2O3. The van der Waals surface area contributed by atoms with Crippen molar-refractivity contribution in [1.82, 2.24) is 10.3 Å². The zero-order valence-electron chi connectivity index (χ0n) is 9.48. The lowest BCUT2D eigenvalue weighted by molar-refractivity contribution is -0.140. The molecule has 0 fully saturated rings. The van der Waals surface area contributed by atoms with Crippen molar-refractivity contribution in [2.24, 2.45) is 5.92 Å². The van der Waals surface area contributed by atoms with Crippen LogP contribution < -0.4 is 5.32 Å². The minimum atomic E-state index is -1.05. The van der Waals surface area contributed by atoms with E-state index in [-0.39, 0.29) is 5.92 Å². The molecule has 2 N–H and O–H groups in total. The van der Waals surface area contributed by atoms with E-state index in [4.69, 9.17) is 5.11 Å². The molecule has 6 heteroatoms. The van der Waals surface area contributed by atoms with Crippen molar-refractivity contribution < 1.29 is 14.7 Å². The monoisotopic (exact) mass is 300 g/mol. The third kappa shape index (κ3) is 3.52. The Morgan fingerprint density at radius 2 is 2.12 bits per heavy atom. The van der Waals surface area contributed by atoms with Crippen molar-refractivity contribution in [2.75, 3.05) is 0 Å². The Kier molecular flexibility index (Phi) is 4.62. The number of carbonyl (C=O) groups excluding carboxylic acids is 1. The van der Waals surface area contributed by atoms with Gasteiger partial charge in [0.1, 0.15) is 10.6 Å². The number of rotatable bonds is 4. The third-order valence-corrected chi connectivity index (χ3v) is 2.85. The van der Waals surface area contributed by atoms with Crippen LogP contribution >= 0.6 is 15.9 Å². The van der Waals surface area contributed by atoms with Gasteiger partial charge in [-0.3, -0.25) is 4.79 Å². The van der Waals surface area contributed by atoms with Gasteiger partial charge in [-0.1, -0.05) is 13.8 Å². The maximum atomic E-state index is 11.8. The molecule has 0 aliphatic heterocycles. The van der Waals surface area contributed by atoms with Gasteiger partial charge >= 0.3 is 5.97 Å². The lowest BCUT2D eigenvalue weighted by Gasteiger charge is -2.18. The summed E-state index contributed by atoms with van der Waals surface area (Å²) in [6.45, 7) is 3.47. The van der Waals surface area contributed by atoms with Crippen LogP contribution in [-0.2, 0) is 4.79 Å². The Morgan fingerprint density at radius 3 is 2.59 bits per heavy atom. The van der Waals surface area contributed by atoms with Crippen molar-refractivity contribution in [2.45, 2.75) is 19.9 Å². The molecular weight excluding hydrogens is 288 g/mol. The zero-order chi connectivity index (χ0) is 13.0. The smallest absolute Gasteiger partial charge is 0.326 e. The summed E-state index contributed by atoms with van der Waals surface area (Å²) in [5.74, 6) is -1.69. The molecule has 0 bridgehead atoms. The summed E-state index contributed by atoms with van der Waals surface area (Å²) in [5.41, 5.74) is 0.319. The Morgan fingerprint density at radius 1 is 1.47 bits per heavy atom. The molecule has 5 nitrogen and oxygen atoms in total. The summed E-state index contributed by atoms with van der Waals surface area (Å²) in [5, 5.41) is 11.4. The highest BCUT2D eigenvalue weighted by Crippen LogP contribution is 2.13. The van der Waals surface area contributed by atoms with E-state index in [1.807, 2.05) is 0 Å². The van der Waals surface area contributed by atoms with E-state index in [1.54, 1.807) is 26.0 Å². The first-order valence-corrected chi connectivity index (χ1v) is 5.87. The number of carboxylic acid groups (broad SMARTS) is 1. The lowest BCUT2D eigenvalue weighted by atomic mass is 10.0. The van der Waals surface area contributed by atoms with E-state index in [1.165, 1.54) is 6.20 Å². The second-order valence-corrected chi connectivity index (χ2v) is 4.63. The Balaban J connectivity index is 2.85. The van der Waals surface area contributed by atoms with Crippen molar-refractivity contribution in [1.29, 1.82) is 0 Å². The number of halogens is 1. The van der Waals surface area contributed by atoms with Gasteiger partial charge in [0.05, 0.1) is 5.56 Å². The summed E-state index contributed by atoms with van der Waals surface area (Å²) in [6.07, 6.45) is 1.54. The summed E-state index contributed by atoms with van der Waals surface area (Å²) in [4.78, 5) is 26.7. The molecule has 0 saturated heterocycles. The van der Waals surface area contributed by atoms with Crippen LogP contribution in [0.2, 0.25) is 0 Å². The molecule has 1 aromatic heterocycles. The molecule has 1 atom stereocenters. The number of nitrogens with one attached hydrogen (secondary N) is 1. The van der Waals surface area contributed by atoms with Crippen LogP contribution in [0.15, 0.2) is 22.9 Å². The molecule has 0 radical (unpaired) electrons. The van der Waals surface area contributed by atoms with Crippen LogP contribution in [0, 0.1) is 5.92 Å². The Hall–Kier alpha value is -1.43. The molecule has 0 unspecified atom stereocenters. The summed E-state index contributed by atoms with van der Waals surface area (Å²) < 4.78 is 0.394. The molecule has 0 aromatic carbocycles. The Bertz CT molecular complexity index is 434. The van der Waals surface area contributed by atoms with Crippen molar-refractivity contribution in [3.8, 4) is 0 Å². The minimum absolute atomic E-state index is 0.188. The number of carbonyl (C=O) groups is 2. The highest BCUT2D eigenvalue weighted by Gasteiger charge is 2.24. The highest BCUT2D eigenvalue weighted by atomic mass is 79.9. The van der Waals surface area contributed by atoms with Gasteiger partial charge in [0.25, 0.3) is 5.91 Å². The first-order valence-electron chi connectivity index (χ1n) is 5.07. The van der Waals surface area contributed by atoms with Crippen LogP contribution in [-0.4, -0.2) is 28.0 Å². The Labute approximate surface area is 107 Å². The van der Waals surface area contributed by atoms with E-state index >= 15 is 0 Å². The largest absolute Gasteiger partial charge is 0.480 e. The molecule has 1 amide bonds. The second-order valence-electron chi connectivity index (χ2n) is 3.88. The number of hydrogen-bond donors (Lipinski definition) is 2. The van der Waals surface area contributed by atoms with Crippen LogP contribution in [0.3, 0.4) is 0 Å². The SMILES string of the molecule is CC(C)[C@@H](NC(=O)c1cccnc1Br)C(=O)O. The summed E-state index contributed by atoms with van der Waals surface area (Å²) in [6, 6.07) is 2.28. The van der Waals surface area contributed by atoms with Gasteiger partial charge in [-0.15, -0.1) is 0 Å². The molecule has 92 valence electrons.